The third-order valence-electron chi connectivity index (χ3n) is 3.37. The highest BCUT2D eigenvalue weighted by Crippen LogP contribution is 2.35. The van der Waals surface area contributed by atoms with Gasteiger partial charge in [0.15, 0.2) is 0 Å². The van der Waals surface area contributed by atoms with Crippen LogP contribution in [0.3, 0.4) is 0 Å². The van der Waals surface area contributed by atoms with Gasteiger partial charge in [0, 0.05) is 7.05 Å². The topological polar surface area (TPSA) is 111 Å². The van der Waals surface area contributed by atoms with Crippen molar-refractivity contribution in [3.63, 3.8) is 0 Å². The van der Waals surface area contributed by atoms with E-state index in [1.54, 1.807) is 7.05 Å². The number of carboxylic acids is 1. The van der Waals surface area contributed by atoms with Crippen molar-refractivity contribution in [2.45, 2.75) is 37.8 Å². The fourth-order valence-corrected chi connectivity index (χ4v) is 2.16. The first-order valence-corrected chi connectivity index (χ1v) is 6.10. The average Bonchev–Trinajstić information content (AvgIpc) is 2.78. The van der Waals surface area contributed by atoms with Gasteiger partial charge in [-0.2, -0.15) is 5.10 Å². The number of hydrogen-bond acceptors (Lipinski definition) is 4. The number of carbonyl (C=O) groups is 2. The van der Waals surface area contributed by atoms with Crippen LogP contribution in [-0.4, -0.2) is 49.8 Å². The molecule has 1 fully saturated rings. The molecule has 0 unspecified atom stereocenters. The van der Waals surface area contributed by atoms with Crippen molar-refractivity contribution in [3.8, 4) is 0 Å². The third kappa shape index (κ3) is 3.21. The summed E-state index contributed by atoms with van der Waals surface area (Å²) in [6.45, 7) is 0.301. The van der Waals surface area contributed by atoms with Gasteiger partial charge in [0.2, 0.25) is 0 Å². The Morgan fingerprint density at radius 1 is 1.58 bits per heavy atom. The monoisotopic (exact) mass is 267 g/mol. The minimum Gasteiger partial charge on any atom is -0.481 e. The number of aliphatic carboxylic acids is 1. The van der Waals surface area contributed by atoms with E-state index in [2.05, 4.69) is 20.5 Å². The predicted molar refractivity (Wildman–Crippen MR) is 65.2 cm³/mol. The van der Waals surface area contributed by atoms with Crippen LogP contribution in [0.5, 0.6) is 0 Å². The summed E-state index contributed by atoms with van der Waals surface area (Å²) in [4.78, 5) is 28.2. The van der Waals surface area contributed by atoms with E-state index in [0.29, 0.717) is 25.2 Å². The number of carbonyl (C=O) groups excluding carboxylic acids is 1. The Hall–Kier alpha value is -2.12. The average molecular weight is 267 g/mol. The molecular formula is C11H17N5O3. The quantitative estimate of drug-likeness (QED) is 0.712. The number of nitrogens with one attached hydrogen (secondary N) is 2. The molecule has 0 atom stereocenters. The smallest absolute Gasteiger partial charge is 0.317 e. The molecule has 1 aliphatic rings. The first kappa shape index (κ1) is 13.3. The summed E-state index contributed by atoms with van der Waals surface area (Å²) in [5, 5.41) is 18.1. The maximum Gasteiger partial charge on any atom is 0.317 e. The number of nitrogens with zero attached hydrogens (tertiary/aromatic N) is 3. The summed E-state index contributed by atoms with van der Waals surface area (Å²) in [5.74, 6) is -0.309. The lowest BCUT2D eigenvalue weighted by molar-refractivity contribution is -0.139. The lowest BCUT2D eigenvalue weighted by Crippen LogP contribution is -2.57. The zero-order valence-corrected chi connectivity index (χ0v) is 10.7. The molecule has 3 N–H and O–H groups in total. The Labute approximate surface area is 110 Å². The third-order valence-corrected chi connectivity index (χ3v) is 3.37. The van der Waals surface area contributed by atoms with Gasteiger partial charge in [-0.1, -0.05) is 0 Å². The SMILES string of the molecule is CN(Cc1ncn[nH]1)C(=O)NC1(CC(=O)O)CCC1. The molecule has 104 valence electrons. The molecule has 2 amide bonds. The van der Waals surface area contributed by atoms with Crippen LogP contribution in [0.1, 0.15) is 31.5 Å². The second kappa shape index (κ2) is 5.25. The zero-order chi connectivity index (χ0) is 13.9. The van der Waals surface area contributed by atoms with E-state index in [9.17, 15) is 9.59 Å². The van der Waals surface area contributed by atoms with Gasteiger partial charge in [0.05, 0.1) is 18.5 Å². The molecule has 8 heteroatoms. The summed E-state index contributed by atoms with van der Waals surface area (Å²) in [7, 11) is 1.63. The van der Waals surface area contributed by atoms with E-state index < -0.39 is 11.5 Å². The molecule has 1 saturated carbocycles. The van der Waals surface area contributed by atoms with Gasteiger partial charge in [-0.25, -0.2) is 9.78 Å². The van der Waals surface area contributed by atoms with Crippen molar-refractivity contribution >= 4 is 12.0 Å². The van der Waals surface area contributed by atoms with Crippen LogP contribution in [-0.2, 0) is 11.3 Å². The molecule has 0 bridgehead atoms. The predicted octanol–water partition coefficient (Wildman–Crippen LogP) is 0.343. The fourth-order valence-electron chi connectivity index (χ4n) is 2.16. The Morgan fingerprint density at radius 3 is 2.79 bits per heavy atom. The van der Waals surface area contributed by atoms with Crippen LogP contribution in [0.2, 0.25) is 0 Å². The minimum absolute atomic E-state index is 0.0328. The van der Waals surface area contributed by atoms with E-state index in [0.717, 1.165) is 6.42 Å². The number of carboxylic acid groups (broad SMARTS) is 1. The van der Waals surface area contributed by atoms with Gasteiger partial charge in [0.25, 0.3) is 0 Å². The normalized spacial score (nSPS) is 16.5. The zero-order valence-electron chi connectivity index (χ0n) is 10.7. The van der Waals surface area contributed by atoms with Crippen LogP contribution in [0.25, 0.3) is 0 Å². The summed E-state index contributed by atoms with van der Waals surface area (Å²) >= 11 is 0. The molecule has 8 nitrogen and oxygen atoms in total. The van der Waals surface area contributed by atoms with Crippen LogP contribution in [0.15, 0.2) is 6.33 Å². The van der Waals surface area contributed by atoms with E-state index in [-0.39, 0.29) is 12.5 Å². The van der Waals surface area contributed by atoms with Crippen molar-refractivity contribution in [1.82, 2.24) is 25.4 Å². The van der Waals surface area contributed by atoms with Gasteiger partial charge in [-0.3, -0.25) is 9.89 Å². The molecule has 2 rings (SSSR count). The highest BCUT2D eigenvalue weighted by atomic mass is 16.4. The molecule has 0 aliphatic heterocycles. The van der Waals surface area contributed by atoms with E-state index >= 15 is 0 Å². The molecule has 19 heavy (non-hydrogen) atoms. The van der Waals surface area contributed by atoms with Crippen molar-refractivity contribution < 1.29 is 14.7 Å². The van der Waals surface area contributed by atoms with E-state index in [1.165, 1.54) is 11.2 Å². The van der Waals surface area contributed by atoms with E-state index in [4.69, 9.17) is 5.11 Å². The highest BCUT2D eigenvalue weighted by molar-refractivity contribution is 5.77. The number of rotatable bonds is 5. The Bertz CT molecular complexity index is 455. The summed E-state index contributed by atoms with van der Waals surface area (Å²) < 4.78 is 0. The molecular weight excluding hydrogens is 250 g/mol. The van der Waals surface area contributed by atoms with Crippen molar-refractivity contribution in [2.24, 2.45) is 0 Å². The molecule has 0 spiro atoms. The largest absolute Gasteiger partial charge is 0.481 e. The number of H-pyrrole nitrogens is 1. The second-order valence-corrected chi connectivity index (χ2v) is 4.92. The number of aromatic amines is 1. The summed E-state index contributed by atoms with van der Waals surface area (Å²) in [6, 6.07) is -0.294. The van der Waals surface area contributed by atoms with Gasteiger partial charge in [-0.05, 0) is 19.3 Å². The van der Waals surface area contributed by atoms with Gasteiger partial charge in [-0.15, -0.1) is 0 Å². The molecule has 1 heterocycles. The lowest BCUT2D eigenvalue weighted by atomic mass is 9.74. The van der Waals surface area contributed by atoms with E-state index in [1.807, 2.05) is 0 Å². The van der Waals surface area contributed by atoms with Crippen LogP contribution < -0.4 is 5.32 Å². The first-order valence-electron chi connectivity index (χ1n) is 6.10. The number of hydrogen-bond donors (Lipinski definition) is 3. The fraction of sp³-hybridized carbons (Fsp3) is 0.636. The Kier molecular flexibility index (Phi) is 3.68. The van der Waals surface area contributed by atoms with Crippen LogP contribution >= 0.6 is 0 Å². The van der Waals surface area contributed by atoms with Crippen LogP contribution in [0, 0.1) is 0 Å². The highest BCUT2D eigenvalue weighted by Gasteiger charge is 2.40. The maximum atomic E-state index is 12.0. The van der Waals surface area contributed by atoms with Crippen molar-refractivity contribution in [1.29, 1.82) is 0 Å². The first-order chi connectivity index (χ1) is 9.01. The minimum atomic E-state index is -0.891. The molecule has 1 aromatic heterocycles. The molecule has 1 aliphatic carbocycles. The van der Waals surface area contributed by atoms with Gasteiger partial charge in [0.1, 0.15) is 12.2 Å². The number of amides is 2. The number of urea groups is 1. The van der Waals surface area contributed by atoms with Crippen LogP contribution in [0.4, 0.5) is 4.79 Å². The number of aromatic nitrogens is 3. The Morgan fingerprint density at radius 2 is 2.32 bits per heavy atom. The Balaban J connectivity index is 1.90. The van der Waals surface area contributed by atoms with Gasteiger partial charge >= 0.3 is 12.0 Å². The standard InChI is InChI=1S/C11H17N5O3/c1-16(6-8-12-7-13-15-8)10(19)14-11(3-2-4-11)5-9(17)18/h7H,2-6H2,1H3,(H,14,19)(H,17,18)(H,12,13,15). The molecule has 0 radical (unpaired) electrons. The lowest BCUT2D eigenvalue weighted by Gasteiger charge is -2.42. The molecule has 0 saturated heterocycles. The van der Waals surface area contributed by atoms with Crippen molar-refractivity contribution in [3.05, 3.63) is 12.2 Å². The van der Waals surface area contributed by atoms with Crippen molar-refractivity contribution in [2.75, 3.05) is 7.05 Å². The summed E-state index contributed by atoms with van der Waals surface area (Å²) in [6.07, 6.45) is 3.70. The molecule has 0 aromatic carbocycles. The second-order valence-electron chi connectivity index (χ2n) is 4.92. The van der Waals surface area contributed by atoms with Gasteiger partial charge < -0.3 is 15.3 Å². The maximum absolute atomic E-state index is 12.0. The summed E-state index contributed by atoms with van der Waals surface area (Å²) in [5.41, 5.74) is -0.585. The molecule has 1 aromatic rings.